The quantitative estimate of drug-likeness (QED) is 0.182. The third kappa shape index (κ3) is 3.78. The number of piperidine rings is 1. The molecule has 34 heavy (non-hydrogen) atoms. The molecule has 0 spiro atoms. The number of ether oxygens (including phenoxy) is 2. The van der Waals surface area contributed by atoms with Crippen LogP contribution in [0.3, 0.4) is 0 Å². The predicted octanol–water partition coefficient (Wildman–Crippen LogP) is 0.441. The first-order chi connectivity index (χ1) is 16.6. The Hall–Kier alpha value is -2.86. The van der Waals surface area contributed by atoms with Crippen molar-refractivity contribution in [3.63, 3.8) is 0 Å². The minimum atomic E-state index is -0.479. The standard InChI is InChI=1S/C24H24FIN5O3/c1-33-23-15(25)5-2-6-16(23)28-22-20-17-10-19(30-24(20)32)26-31-9-3-4-13(12-31)34-18-11-27-8-7-14(18)21(22)29-17/h2,5-8,11,13,19,28-29H,3-4,9-10,12H2,1H3,(H,30,32)/q-1/t13-,19+/m1/s1. The fourth-order valence-electron chi connectivity index (χ4n) is 4.84. The molecule has 1 unspecified atom stereocenters. The molecule has 3 aliphatic heterocycles. The third-order valence-electron chi connectivity index (χ3n) is 6.34. The first-order valence-electron chi connectivity index (χ1n) is 11.3. The molecule has 0 radical (unpaired) electrons. The van der Waals surface area contributed by atoms with Gasteiger partial charge in [-0.2, -0.15) is 0 Å². The normalized spacial score (nSPS) is 23.4. The average molecular weight is 576 g/mol. The van der Waals surface area contributed by atoms with Crippen LogP contribution in [0.2, 0.25) is 0 Å². The molecule has 0 aliphatic carbocycles. The second-order valence-electron chi connectivity index (χ2n) is 8.54. The summed E-state index contributed by atoms with van der Waals surface area (Å²) in [6.45, 7) is 1.90. The van der Waals surface area contributed by atoms with Crippen LogP contribution in [0.15, 0.2) is 36.7 Å². The molecule has 3 atom stereocenters. The van der Waals surface area contributed by atoms with Crippen LogP contribution in [0.1, 0.15) is 28.9 Å². The molecule has 1 amide bonds. The number of fused-ring (bicyclic) bond motifs is 6. The van der Waals surface area contributed by atoms with Crippen LogP contribution >= 0.6 is 0 Å². The van der Waals surface area contributed by atoms with Crippen molar-refractivity contribution >= 4 is 17.3 Å². The maximum absolute atomic E-state index is 14.4. The molecular formula is C24H24FIN5O3-. The van der Waals surface area contributed by atoms with Gasteiger partial charge in [0.2, 0.25) is 0 Å². The first-order valence-corrected chi connectivity index (χ1v) is 13.5. The van der Waals surface area contributed by atoms with Gasteiger partial charge in [0, 0.05) is 0 Å². The van der Waals surface area contributed by atoms with Crippen molar-refractivity contribution in [3.8, 4) is 22.8 Å². The number of aromatic nitrogens is 2. The van der Waals surface area contributed by atoms with Crippen molar-refractivity contribution in [1.29, 1.82) is 0 Å². The van der Waals surface area contributed by atoms with E-state index in [0.29, 0.717) is 22.7 Å². The molecule has 0 saturated carbocycles. The number of hydrogen-bond donors (Lipinski definition) is 3. The number of benzene rings is 1. The van der Waals surface area contributed by atoms with Crippen molar-refractivity contribution in [2.24, 2.45) is 0 Å². The summed E-state index contributed by atoms with van der Waals surface area (Å²) in [7, 11) is 1.43. The molecule has 10 heteroatoms. The zero-order chi connectivity index (χ0) is 23.2. The molecule has 6 rings (SSSR count). The fourth-order valence-corrected chi connectivity index (χ4v) is 8.14. The third-order valence-corrected chi connectivity index (χ3v) is 9.43. The van der Waals surface area contributed by atoms with Crippen LogP contribution in [0.4, 0.5) is 15.8 Å². The zero-order valence-corrected chi connectivity index (χ0v) is 20.7. The Morgan fingerprint density at radius 2 is 2.26 bits per heavy atom. The minimum absolute atomic E-state index is 0.0709. The van der Waals surface area contributed by atoms with Crippen LogP contribution in [0.25, 0.3) is 11.3 Å². The van der Waals surface area contributed by atoms with Gasteiger partial charge in [-0.05, 0) is 0 Å². The number of nitrogens with zero attached hydrogens (tertiary/aromatic N) is 2. The number of carbonyl (C=O) groups is 1. The average Bonchev–Trinajstić information content (AvgIpc) is 3.18. The summed E-state index contributed by atoms with van der Waals surface area (Å²) in [5.41, 5.74) is 3.96. The molecule has 3 aliphatic rings. The van der Waals surface area contributed by atoms with E-state index in [1.165, 1.54) is 13.2 Å². The Bertz CT molecular complexity index is 1270. The van der Waals surface area contributed by atoms with Gasteiger partial charge >= 0.3 is 207 Å². The molecule has 3 N–H and O–H groups in total. The SMILES string of the molecule is COc1c(F)cccc1Nc1c2[nH]c3c1C(=O)N[C@@H](C3)[I-]N1CCC[C@H](C1)Oc1cnccc1-2. The van der Waals surface area contributed by atoms with Crippen molar-refractivity contribution in [2.75, 3.05) is 25.5 Å². The van der Waals surface area contributed by atoms with Gasteiger partial charge in [0.05, 0.1) is 0 Å². The van der Waals surface area contributed by atoms with Crippen LogP contribution in [0, 0.1) is 5.82 Å². The number of para-hydroxylation sites is 1. The first kappa shape index (κ1) is 21.7. The van der Waals surface area contributed by atoms with E-state index in [-0.39, 0.29) is 21.8 Å². The Labute approximate surface area is 206 Å². The zero-order valence-electron chi connectivity index (χ0n) is 18.5. The number of aromatic amines is 1. The molecule has 2 aromatic heterocycles. The van der Waals surface area contributed by atoms with E-state index in [4.69, 9.17) is 9.47 Å². The van der Waals surface area contributed by atoms with Gasteiger partial charge in [-0.1, -0.05) is 0 Å². The summed E-state index contributed by atoms with van der Waals surface area (Å²) in [6.07, 6.45) is 6.29. The summed E-state index contributed by atoms with van der Waals surface area (Å²) in [6, 6.07) is 6.57. The van der Waals surface area contributed by atoms with Gasteiger partial charge < -0.3 is 0 Å². The molecular weight excluding hydrogens is 552 g/mol. The Morgan fingerprint density at radius 1 is 1.35 bits per heavy atom. The number of H-pyrrole nitrogens is 1. The van der Waals surface area contributed by atoms with Gasteiger partial charge in [-0.3, -0.25) is 0 Å². The van der Waals surface area contributed by atoms with Crippen LogP contribution in [-0.2, 0) is 6.42 Å². The topological polar surface area (TPSA) is 91.5 Å². The Kier molecular flexibility index (Phi) is 5.56. The van der Waals surface area contributed by atoms with Crippen molar-refractivity contribution in [3.05, 3.63) is 53.7 Å². The van der Waals surface area contributed by atoms with E-state index in [2.05, 4.69) is 23.7 Å². The Balaban J connectivity index is 1.54. The molecule has 5 bridgehead atoms. The number of halogens is 2. The van der Waals surface area contributed by atoms with E-state index in [0.717, 1.165) is 49.3 Å². The second kappa shape index (κ2) is 8.73. The summed E-state index contributed by atoms with van der Waals surface area (Å²) in [4.78, 5) is 21.2. The number of amides is 1. The molecule has 3 aromatic rings. The van der Waals surface area contributed by atoms with Gasteiger partial charge in [-0.25, -0.2) is 0 Å². The van der Waals surface area contributed by atoms with E-state index < -0.39 is 27.3 Å². The number of pyridine rings is 1. The molecule has 178 valence electrons. The van der Waals surface area contributed by atoms with E-state index >= 15 is 0 Å². The van der Waals surface area contributed by atoms with Gasteiger partial charge in [0.25, 0.3) is 0 Å². The van der Waals surface area contributed by atoms with Gasteiger partial charge in [-0.15, -0.1) is 0 Å². The number of anilines is 2. The summed E-state index contributed by atoms with van der Waals surface area (Å²) in [5, 5.41) is 6.53. The van der Waals surface area contributed by atoms with Gasteiger partial charge in [0.1, 0.15) is 0 Å². The number of methoxy groups -OCH3 is 1. The molecule has 1 aromatic carbocycles. The molecule has 1 fully saturated rings. The number of alkyl halides is 1. The van der Waals surface area contributed by atoms with E-state index in [1.807, 2.05) is 6.07 Å². The number of rotatable bonds is 3. The molecule has 8 nitrogen and oxygen atoms in total. The van der Waals surface area contributed by atoms with Gasteiger partial charge in [0.15, 0.2) is 0 Å². The van der Waals surface area contributed by atoms with E-state index in [1.54, 1.807) is 24.5 Å². The monoisotopic (exact) mass is 576 g/mol. The summed E-state index contributed by atoms with van der Waals surface area (Å²) < 4.78 is 28.8. The fraction of sp³-hybridized carbons (Fsp3) is 0.333. The summed E-state index contributed by atoms with van der Waals surface area (Å²) in [5.74, 6) is 0.149. The second-order valence-corrected chi connectivity index (χ2v) is 12.0. The molecule has 1 saturated heterocycles. The molecule has 5 heterocycles. The van der Waals surface area contributed by atoms with Crippen LogP contribution in [-0.4, -0.2) is 49.3 Å². The number of hydrogen-bond acceptors (Lipinski definition) is 6. The van der Waals surface area contributed by atoms with E-state index in [9.17, 15) is 9.18 Å². The van der Waals surface area contributed by atoms with Crippen LogP contribution < -0.4 is 41.6 Å². The number of carbonyl (C=O) groups excluding carboxylic acids is 1. The van der Waals surface area contributed by atoms with Crippen molar-refractivity contribution < 1.29 is 40.1 Å². The van der Waals surface area contributed by atoms with Crippen LogP contribution in [0.5, 0.6) is 11.5 Å². The Morgan fingerprint density at radius 3 is 3.15 bits per heavy atom. The maximum atomic E-state index is 14.4. The van der Waals surface area contributed by atoms with Crippen molar-refractivity contribution in [2.45, 2.75) is 29.4 Å². The predicted molar refractivity (Wildman–Crippen MR) is 120 cm³/mol. The van der Waals surface area contributed by atoms with Crippen molar-refractivity contribution in [1.82, 2.24) is 18.4 Å². The number of nitrogens with one attached hydrogen (secondary N) is 3. The summed E-state index contributed by atoms with van der Waals surface area (Å²) >= 11 is -0.415.